The molecule has 276 valence electrons. The molecule has 19 heteroatoms. The summed E-state index contributed by atoms with van der Waals surface area (Å²) < 4.78 is 60.9. The summed E-state index contributed by atoms with van der Waals surface area (Å²) in [6, 6.07) is 11.8. The molecule has 3 heterocycles. The summed E-state index contributed by atoms with van der Waals surface area (Å²) in [5.74, 6) is -2.41. The molecule has 0 saturated carbocycles. The molecule has 1 aliphatic rings. The SMILES string of the molecule is CO[C@H](C)C(=O)O[C@H]1[C@H](c2ccc3c(N)ncnn23)O[C@](C#N)(COP(=O)(N[C@@H](C)C(=O)OC(C)C)Oc2ccccc2)[C@H]1OC(=O)[C@@H](C)OC. The third-order valence-electron chi connectivity index (χ3n) is 7.73. The van der Waals surface area contributed by atoms with E-state index in [-0.39, 0.29) is 17.3 Å². The molecule has 0 aliphatic carbocycles. The standard InChI is InChI=1S/C32H41N6O12P/c1-18(2)46-29(39)19(3)37-51(42,50-22-11-9-8-10-12-22)45-16-32(15-33)27(48-31(41)21(5)44-7)26(47-30(40)20(4)43-6)25(49-32)23-13-14-24-28(34)35-17-36-38(23)24/h8-14,17-21,25-27H,16H2,1-7H3,(H,37,42)(H2,34,35,36)/t19-,20+,21+,25-,26-,27-,32+,51?/m0/s1. The summed E-state index contributed by atoms with van der Waals surface area (Å²) in [6.07, 6.45) is -6.21. The fraction of sp³-hybridized carbons (Fsp3) is 0.500. The zero-order chi connectivity index (χ0) is 37.5. The lowest BCUT2D eigenvalue weighted by molar-refractivity contribution is -0.180. The Morgan fingerprint density at radius 3 is 2.27 bits per heavy atom. The average molecular weight is 733 g/mol. The maximum absolute atomic E-state index is 14.4. The number of fused-ring (bicyclic) bond motifs is 1. The number of nitrogens with zero attached hydrogens (tertiary/aromatic N) is 4. The Labute approximate surface area is 294 Å². The molecular weight excluding hydrogens is 691 g/mol. The van der Waals surface area contributed by atoms with Gasteiger partial charge in [-0.2, -0.15) is 15.4 Å². The number of rotatable bonds is 16. The number of nitriles is 1. The Hall–Kier alpha value is -4.63. The maximum atomic E-state index is 14.4. The molecular formula is C32H41N6O12P. The third kappa shape index (κ3) is 9.00. The highest BCUT2D eigenvalue weighted by Gasteiger charge is 2.62. The Morgan fingerprint density at radius 1 is 1.02 bits per heavy atom. The summed E-state index contributed by atoms with van der Waals surface area (Å²) in [4.78, 5) is 43.2. The van der Waals surface area contributed by atoms with Gasteiger partial charge in [0.1, 0.15) is 42.4 Å². The summed E-state index contributed by atoms with van der Waals surface area (Å²) in [7, 11) is -2.04. The van der Waals surface area contributed by atoms with Crippen LogP contribution in [-0.4, -0.2) is 95.5 Å². The second kappa shape index (κ2) is 16.6. The first-order valence-corrected chi connectivity index (χ1v) is 17.3. The van der Waals surface area contributed by atoms with Crippen LogP contribution in [0.4, 0.5) is 5.82 Å². The number of para-hydroxylation sites is 1. The molecule has 3 N–H and O–H groups in total. The van der Waals surface area contributed by atoms with Gasteiger partial charge in [0.15, 0.2) is 30.2 Å². The smallest absolute Gasteiger partial charge is 0.459 e. The van der Waals surface area contributed by atoms with Crippen molar-refractivity contribution >= 4 is 37.0 Å². The summed E-state index contributed by atoms with van der Waals surface area (Å²) in [5.41, 5.74) is 4.27. The minimum atomic E-state index is -4.60. The number of nitrogens with one attached hydrogen (secondary N) is 1. The zero-order valence-electron chi connectivity index (χ0n) is 29.1. The molecule has 0 bridgehead atoms. The quantitative estimate of drug-likeness (QED) is 0.122. The summed E-state index contributed by atoms with van der Waals surface area (Å²) in [6.45, 7) is 6.57. The van der Waals surface area contributed by atoms with Crippen LogP contribution in [0.2, 0.25) is 0 Å². The Balaban J connectivity index is 1.82. The zero-order valence-corrected chi connectivity index (χ0v) is 30.0. The highest BCUT2D eigenvalue weighted by atomic mass is 31.2. The number of anilines is 1. The van der Waals surface area contributed by atoms with Gasteiger partial charge in [-0.3, -0.25) is 9.32 Å². The number of ether oxygens (including phenoxy) is 6. The molecule has 1 aliphatic heterocycles. The third-order valence-corrected chi connectivity index (χ3v) is 9.35. The van der Waals surface area contributed by atoms with E-state index in [4.69, 9.17) is 43.2 Å². The largest absolute Gasteiger partial charge is 0.462 e. The maximum Gasteiger partial charge on any atom is 0.459 e. The van der Waals surface area contributed by atoms with E-state index in [2.05, 4.69) is 15.2 Å². The molecule has 0 spiro atoms. The van der Waals surface area contributed by atoms with Crippen molar-refractivity contribution in [2.45, 2.75) is 82.9 Å². The van der Waals surface area contributed by atoms with E-state index in [0.717, 1.165) is 0 Å². The molecule has 3 aromatic rings. The normalized spacial score (nSPS) is 23.1. The molecule has 0 radical (unpaired) electrons. The molecule has 1 aromatic carbocycles. The predicted molar refractivity (Wildman–Crippen MR) is 177 cm³/mol. The van der Waals surface area contributed by atoms with E-state index in [1.807, 2.05) is 6.07 Å². The number of nitrogen functional groups attached to an aromatic ring is 1. The van der Waals surface area contributed by atoms with Gasteiger partial charge in [-0.15, -0.1) is 0 Å². The second-order valence-electron chi connectivity index (χ2n) is 11.8. The fourth-order valence-corrected chi connectivity index (χ4v) is 6.41. The Kier molecular flexibility index (Phi) is 12.7. The molecule has 1 fully saturated rings. The number of aromatic nitrogens is 3. The van der Waals surface area contributed by atoms with Crippen LogP contribution in [0.5, 0.6) is 5.75 Å². The van der Waals surface area contributed by atoms with Gasteiger partial charge in [0.2, 0.25) is 5.60 Å². The van der Waals surface area contributed by atoms with Crippen LogP contribution < -0.4 is 15.3 Å². The van der Waals surface area contributed by atoms with Gasteiger partial charge in [-0.05, 0) is 58.9 Å². The molecule has 4 rings (SSSR count). The van der Waals surface area contributed by atoms with Crippen LogP contribution in [-0.2, 0) is 51.9 Å². The van der Waals surface area contributed by atoms with Gasteiger partial charge in [-0.1, -0.05) is 18.2 Å². The number of carbonyl (C=O) groups is 3. The number of methoxy groups -OCH3 is 2. The fourth-order valence-electron chi connectivity index (χ4n) is 4.88. The van der Waals surface area contributed by atoms with Crippen molar-refractivity contribution in [2.75, 3.05) is 26.6 Å². The first kappa shape index (κ1) is 39.2. The van der Waals surface area contributed by atoms with Crippen LogP contribution in [0.25, 0.3) is 5.52 Å². The molecule has 51 heavy (non-hydrogen) atoms. The van der Waals surface area contributed by atoms with E-state index >= 15 is 0 Å². The monoisotopic (exact) mass is 732 g/mol. The van der Waals surface area contributed by atoms with E-state index in [9.17, 15) is 24.2 Å². The molecule has 1 unspecified atom stereocenters. The van der Waals surface area contributed by atoms with Gasteiger partial charge in [0.25, 0.3) is 0 Å². The van der Waals surface area contributed by atoms with Crippen molar-refractivity contribution in [3.8, 4) is 11.8 Å². The number of benzene rings is 1. The van der Waals surface area contributed by atoms with Crippen LogP contribution in [0, 0.1) is 11.3 Å². The number of esters is 3. The van der Waals surface area contributed by atoms with E-state index in [1.165, 1.54) is 58.0 Å². The molecule has 0 amide bonds. The number of hydrogen-bond donors (Lipinski definition) is 2. The van der Waals surface area contributed by atoms with Crippen LogP contribution in [0.1, 0.15) is 46.4 Å². The van der Waals surface area contributed by atoms with Crippen molar-refractivity contribution in [2.24, 2.45) is 0 Å². The van der Waals surface area contributed by atoms with Crippen molar-refractivity contribution in [3.63, 3.8) is 0 Å². The number of carbonyl (C=O) groups excluding carboxylic acids is 3. The van der Waals surface area contributed by atoms with Gasteiger partial charge < -0.3 is 38.7 Å². The van der Waals surface area contributed by atoms with Gasteiger partial charge in [0.05, 0.1) is 11.8 Å². The number of hydrogen-bond acceptors (Lipinski definition) is 16. The Bertz CT molecular complexity index is 1780. The van der Waals surface area contributed by atoms with E-state index in [1.54, 1.807) is 44.2 Å². The lowest BCUT2D eigenvalue weighted by atomic mass is 9.95. The van der Waals surface area contributed by atoms with Gasteiger partial charge in [0, 0.05) is 14.2 Å². The molecule has 2 aromatic heterocycles. The Morgan fingerprint density at radius 2 is 1.67 bits per heavy atom. The van der Waals surface area contributed by atoms with E-state index < -0.39 is 80.5 Å². The molecule has 18 nitrogen and oxygen atoms in total. The predicted octanol–water partition coefficient (Wildman–Crippen LogP) is 2.67. The first-order chi connectivity index (χ1) is 24.2. The lowest BCUT2D eigenvalue weighted by Crippen LogP contribution is -2.51. The van der Waals surface area contributed by atoms with E-state index in [0.29, 0.717) is 5.52 Å². The summed E-state index contributed by atoms with van der Waals surface area (Å²) in [5, 5.41) is 17.6. The van der Waals surface area contributed by atoms with Crippen molar-refractivity contribution in [1.29, 1.82) is 5.26 Å². The average Bonchev–Trinajstić information content (AvgIpc) is 3.66. The van der Waals surface area contributed by atoms with Crippen molar-refractivity contribution in [3.05, 3.63) is 54.5 Å². The minimum Gasteiger partial charge on any atom is -0.462 e. The lowest BCUT2D eigenvalue weighted by Gasteiger charge is -2.31. The minimum absolute atomic E-state index is 0.0863. The molecule has 1 saturated heterocycles. The topological polar surface area (TPSA) is 234 Å². The van der Waals surface area contributed by atoms with Crippen LogP contribution in [0.3, 0.4) is 0 Å². The number of nitrogens with two attached hydrogens (primary N) is 1. The van der Waals surface area contributed by atoms with Gasteiger partial charge >= 0.3 is 25.7 Å². The highest BCUT2D eigenvalue weighted by molar-refractivity contribution is 7.52. The first-order valence-electron chi connectivity index (χ1n) is 15.8. The van der Waals surface area contributed by atoms with Crippen molar-refractivity contribution < 1.29 is 56.4 Å². The second-order valence-corrected chi connectivity index (χ2v) is 13.5. The van der Waals surface area contributed by atoms with Crippen molar-refractivity contribution in [1.82, 2.24) is 19.7 Å². The highest BCUT2D eigenvalue weighted by Crippen LogP contribution is 2.50. The van der Waals surface area contributed by atoms with Gasteiger partial charge in [-0.25, -0.2) is 23.7 Å². The summed E-state index contributed by atoms with van der Waals surface area (Å²) >= 11 is 0. The molecule has 8 atom stereocenters. The van der Waals surface area contributed by atoms with Crippen LogP contribution >= 0.6 is 7.75 Å². The van der Waals surface area contributed by atoms with Crippen LogP contribution in [0.15, 0.2) is 48.8 Å².